The van der Waals surface area contributed by atoms with Gasteiger partial charge in [0.05, 0.1) is 0 Å². The lowest BCUT2D eigenvalue weighted by molar-refractivity contribution is 0.0978. The van der Waals surface area contributed by atoms with Crippen molar-refractivity contribution in [2.45, 2.75) is 19.3 Å². The van der Waals surface area contributed by atoms with Gasteiger partial charge in [-0.1, -0.05) is 41.9 Å². The Kier molecular flexibility index (Phi) is 6.17. The first-order valence-corrected chi connectivity index (χ1v) is 7.98. The molecule has 2 nitrogen and oxygen atoms in total. The maximum absolute atomic E-state index is 12.3. The van der Waals surface area contributed by atoms with Gasteiger partial charge in [0, 0.05) is 17.0 Å². The average Bonchev–Trinajstić information content (AvgIpc) is 2.52. The van der Waals surface area contributed by atoms with Crippen LogP contribution in [0.2, 0.25) is 5.02 Å². The molecule has 0 saturated heterocycles. The molecule has 0 aliphatic heterocycles. The van der Waals surface area contributed by atoms with Crippen LogP contribution in [0.15, 0.2) is 48.5 Å². The number of nitrogens with zero attached hydrogens (tertiary/aromatic N) is 1. The average molecular weight is 316 g/mol. The van der Waals surface area contributed by atoms with Crippen molar-refractivity contribution in [2.75, 3.05) is 20.6 Å². The number of benzene rings is 2. The van der Waals surface area contributed by atoms with Crippen LogP contribution in [0, 0.1) is 0 Å². The normalized spacial score (nSPS) is 10.9. The maximum atomic E-state index is 12.3. The van der Waals surface area contributed by atoms with Gasteiger partial charge in [0.25, 0.3) is 0 Å². The van der Waals surface area contributed by atoms with Crippen molar-refractivity contribution in [1.82, 2.24) is 4.90 Å². The van der Waals surface area contributed by atoms with E-state index in [0.29, 0.717) is 6.42 Å². The smallest absolute Gasteiger partial charge is 0.162 e. The fourth-order valence-corrected chi connectivity index (χ4v) is 2.50. The topological polar surface area (TPSA) is 20.3 Å². The van der Waals surface area contributed by atoms with E-state index in [-0.39, 0.29) is 5.78 Å². The molecule has 0 saturated carbocycles. The first-order chi connectivity index (χ1) is 10.6. The summed E-state index contributed by atoms with van der Waals surface area (Å²) in [7, 11) is 4.11. The molecule has 3 heteroatoms. The van der Waals surface area contributed by atoms with Crippen LogP contribution < -0.4 is 0 Å². The van der Waals surface area contributed by atoms with E-state index in [1.54, 1.807) is 0 Å². The number of rotatable bonds is 7. The fourth-order valence-electron chi connectivity index (χ4n) is 2.37. The Balaban J connectivity index is 2.01. The highest BCUT2D eigenvalue weighted by Crippen LogP contribution is 2.23. The van der Waals surface area contributed by atoms with Crippen molar-refractivity contribution in [3.8, 4) is 11.1 Å². The van der Waals surface area contributed by atoms with Gasteiger partial charge < -0.3 is 4.90 Å². The van der Waals surface area contributed by atoms with Crippen molar-refractivity contribution < 1.29 is 4.79 Å². The van der Waals surface area contributed by atoms with Gasteiger partial charge in [-0.05, 0) is 62.8 Å². The van der Waals surface area contributed by atoms with Crippen LogP contribution in [0.4, 0.5) is 0 Å². The Labute approximate surface area is 137 Å². The molecule has 0 fully saturated rings. The van der Waals surface area contributed by atoms with E-state index in [0.717, 1.165) is 41.1 Å². The van der Waals surface area contributed by atoms with E-state index in [1.807, 2.05) is 48.5 Å². The van der Waals surface area contributed by atoms with E-state index >= 15 is 0 Å². The van der Waals surface area contributed by atoms with Crippen molar-refractivity contribution >= 4 is 17.4 Å². The minimum absolute atomic E-state index is 0.217. The van der Waals surface area contributed by atoms with Crippen LogP contribution in [-0.2, 0) is 0 Å². The summed E-state index contributed by atoms with van der Waals surface area (Å²) < 4.78 is 0. The molecule has 0 aromatic heterocycles. The number of hydrogen-bond donors (Lipinski definition) is 0. The summed E-state index contributed by atoms with van der Waals surface area (Å²) in [5, 5.41) is 0.719. The van der Waals surface area contributed by atoms with Crippen molar-refractivity contribution in [1.29, 1.82) is 0 Å². The molecule has 0 aliphatic rings. The van der Waals surface area contributed by atoms with Gasteiger partial charge >= 0.3 is 0 Å². The van der Waals surface area contributed by atoms with Crippen molar-refractivity contribution in [3.63, 3.8) is 0 Å². The molecule has 2 aromatic carbocycles. The highest BCUT2D eigenvalue weighted by molar-refractivity contribution is 6.30. The quantitative estimate of drug-likeness (QED) is 0.534. The predicted octanol–water partition coefficient (Wildman–Crippen LogP) is 4.92. The van der Waals surface area contributed by atoms with Gasteiger partial charge in [-0.25, -0.2) is 0 Å². The molecule has 0 heterocycles. The summed E-state index contributed by atoms with van der Waals surface area (Å²) in [6, 6.07) is 15.5. The largest absolute Gasteiger partial charge is 0.309 e. The Hall–Kier alpha value is -1.64. The molecule has 116 valence electrons. The van der Waals surface area contributed by atoms with Crippen molar-refractivity contribution in [2.24, 2.45) is 0 Å². The molecule has 0 unspecified atom stereocenters. The number of Topliss-reactive ketones (excluding diaryl/α,β-unsaturated/α-hetero) is 1. The van der Waals surface area contributed by atoms with E-state index in [4.69, 9.17) is 11.6 Å². The van der Waals surface area contributed by atoms with E-state index < -0.39 is 0 Å². The molecular weight excluding hydrogens is 294 g/mol. The van der Waals surface area contributed by atoms with Gasteiger partial charge in [-0.3, -0.25) is 4.79 Å². The van der Waals surface area contributed by atoms with Gasteiger partial charge in [0.2, 0.25) is 0 Å². The third-order valence-electron chi connectivity index (χ3n) is 3.62. The molecule has 0 N–H and O–H groups in total. The SMILES string of the molecule is CN(C)CCCCC(=O)c1cccc(-c2ccc(Cl)cc2)c1. The van der Waals surface area contributed by atoms with Gasteiger partial charge in [-0.2, -0.15) is 0 Å². The zero-order valence-corrected chi connectivity index (χ0v) is 13.9. The second-order valence-corrected chi connectivity index (χ2v) is 6.21. The van der Waals surface area contributed by atoms with Gasteiger partial charge in [0.1, 0.15) is 0 Å². The number of halogens is 1. The molecule has 0 radical (unpaired) electrons. The second kappa shape index (κ2) is 8.11. The van der Waals surface area contributed by atoms with Crippen molar-refractivity contribution in [3.05, 3.63) is 59.1 Å². The van der Waals surface area contributed by atoms with Crippen LogP contribution in [0.25, 0.3) is 11.1 Å². The van der Waals surface area contributed by atoms with E-state index in [9.17, 15) is 4.79 Å². The van der Waals surface area contributed by atoms with Crippen LogP contribution in [0.5, 0.6) is 0 Å². The first kappa shape index (κ1) is 16.7. The lowest BCUT2D eigenvalue weighted by Gasteiger charge is -2.09. The summed E-state index contributed by atoms with van der Waals surface area (Å²) in [5.74, 6) is 0.217. The monoisotopic (exact) mass is 315 g/mol. The maximum Gasteiger partial charge on any atom is 0.162 e. The number of carbonyl (C=O) groups is 1. The number of ketones is 1. The zero-order valence-electron chi connectivity index (χ0n) is 13.2. The lowest BCUT2D eigenvalue weighted by atomic mass is 9.99. The van der Waals surface area contributed by atoms with E-state index in [1.165, 1.54) is 0 Å². The summed E-state index contributed by atoms with van der Waals surface area (Å²) in [6.45, 7) is 1.03. The van der Waals surface area contributed by atoms with Crippen LogP contribution >= 0.6 is 11.6 Å². The minimum Gasteiger partial charge on any atom is -0.309 e. The molecule has 0 amide bonds. The minimum atomic E-state index is 0.217. The first-order valence-electron chi connectivity index (χ1n) is 7.60. The molecule has 2 rings (SSSR count). The standard InChI is InChI=1S/C19H22ClNO/c1-21(2)13-4-3-8-19(22)17-7-5-6-16(14-17)15-9-11-18(20)12-10-15/h5-7,9-12,14H,3-4,8,13H2,1-2H3. The zero-order chi connectivity index (χ0) is 15.9. The molecular formula is C19H22ClNO. The van der Waals surface area contributed by atoms with Crippen LogP contribution in [0.1, 0.15) is 29.6 Å². The highest BCUT2D eigenvalue weighted by Gasteiger charge is 2.07. The fraction of sp³-hybridized carbons (Fsp3) is 0.316. The molecule has 0 bridgehead atoms. The summed E-state index contributed by atoms with van der Waals surface area (Å²) in [4.78, 5) is 14.4. The summed E-state index contributed by atoms with van der Waals surface area (Å²) in [6.07, 6.45) is 2.59. The number of carbonyl (C=O) groups excluding carboxylic acids is 1. The predicted molar refractivity (Wildman–Crippen MR) is 93.6 cm³/mol. The Bertz CT molecular complexity index is 620. The van der Waals surface area contributed by atoms with Gasteiger partial charge in [-0.15, -0.1) is 0 Å². The molecule has 2 aromatic rings. The van der Waals surface area contributed by atoms with Crippen LogP contribution in [-0.4, -0.2) is 31.3 Å². The summed E-state index contributed by atoms with van der Waals surface area (Å²) >= 11 is 5.92. The highest BCUT2D eigenvalue weighted by atomic mass is 35.5. The molecule has 0 spiro atoms. The Morgan fingerprint density at radius 2 is 1.73 bits per heavy atom. The second-order valence-electron chi connectivity index (χ2n) is 5.77. The molecule has 22 heavy (non-hydrogen) atoms. The number of unbranched alkanes of at least 4 members (excludes halogenated alkanes) is 1. The number of hydrogen-bond acceptors (Lipinski definition) is 2. The van der Waals surface area contributed by atoms with Crippen LogP contribution in [0.3, 0.4) is 0 Å². The molecule has 0 aliphatic carbocycles. The molecule has 0 atom stereocenters. The van der Waals surface area contributed by atoms with Gasteiger partial charge in [0.15, 0.2) is 5.78 Å². The van der Waals surface area contributed by atoms with E-state index in [2.05, 4.69) is 19.0 Å². The third-order valence-corrected chi connectivity index (χ3v) is 3.87. The Morgan fingerprint density at radius 3 is 2.41 bits per heavy atom. The lowest BCUT2D eigenvalue weighted by Crippen LogP contribution is -2.13. The summed E-state index contributed by atoms with van der Waals surface area (Å²) in [5.41, 5.74) is 2.92. The third kappa shape index (κ3) is 4.97. The Morgan fingerprint density at radius 1 is 1.00 bits per heavy atom.